The first-order chi connectivity index (χ1) is 28.3. The summed E-state index contributed by atoms with van der Waals surface area (Å²) >= 11 is 0. The number of phosphoric acid groups is 1. The molecular formula is C48H78NO8P. The third-order valence-electron chi connectivity index (χ3n) is 8.38. The van der Waals surface area contributed by atoms with E-state index in [1.807, 2.05) is 18.2 Å². The Morgan fingerprint density at radius 3 is 1.38 bits per heavy atom. The third-order valence-corrected chi connectivity index (χ3v) is 9.36. The van der Waals surface area contributed by atoms with E-state index in [1.54, 1.807) is 7.05 Å². The Balaban J connectivity index is 4.47. The Labute approximate surface area is 352 Å². The molecule has 2 unspecified atom stereocenters. The van der Waals surface area contributed by atoms with Crippen molar-refractivity contribution in [3.63, 3.8) is 0 Å². The Kier molecular flexibility index (Phi) is 40.8. The van der Waals surface area contributed by atoms with Crippen LogP contribution in [0, 0.1) is 0 Å². The molecule has 0 saturated heterocycles. The summed E-state index contributed by atoms with van der Waals surface area (Å²) in [5.41, 5.74) is 0. The van der Waals surface area contributed by atoms with Crippen LogP contribution < -0.4 is 5.32 Å². The maximum Gasteiger partial charge on any atom is 0.472 e. The minimum atomic E-state index is -4.39. The number of esters is 2. The lowest BCUT2D eigenvalue weighted by molar-refractivity contribution is -0.161. The van der Waals surface area contributed by atoms with E-state index in [9.17, 15) is 19.0 Å². The molecule has 0 rings (SSSR count). The van der Waals surface area contributed by atoms with Gasteiger partial charge < -0.3 is 19.7 Å². The Morgan fingerprint density at radius 2 is 0.948 bits per heavy atom. The van der Waals surface area contributed by atoms with Crippen molar-refractivity contribution in [2.24, 2.45) is 0 Å². The fraction of sp³-hybridized carbons (Fsp3) is 0.583. The van der Waals surface area contributed by atoms with Crippen LogP contribution in [0.1, 0.15) is 142 Å². The van der Waals surface area contributed by atoms with Crippen molar-refractivity contribution in [2.75, 3.05) is 33.4 Å². The number of hydrogen-bond acceptors (Lipinski definition) is 8. The highest BCUT2D eigenvalue weighted by Gasteiger charge is 2.26. The second kappa shape index (κ2) is 43.3. The van der Waals surface area contributed by atoms with Crippen molar-refractivity contribution in [1.29, 1.82) is 0 Å². The number of phosphoric ester groups is 1. The first-order valence-electron chi connectivity index (χ1n) is 21.8. The van der Waals surface area contributed by atoms with Crippen LogP contribution in [0.15, 0.2) is 109 Å². The molecular weight excluding hydrogens is 750 g/mol. The van der Waals surface area contributed by atoms with Gasteiger partial charge in [-0.25, -0.2) is 4.57 Å². The van der Waals surface area contributed by atoms with Gasteiger partial charge in [0.2, 0.25) is 0 Å². The highest BCUT2D eigenvalue weighted by molar-refractivity contribution is 7.47. The van der Waals surface area contributed by atoms with Crippen molar-refractivity contribution < 1.29 is 37.6 Å². The van der Waals surface area contributed by atoms with Gasteiger partial charge >= 0.3 is 19.8 Å². The second-order valence-corrected chi connectivity index (χ2v) is 15.3. The van der Waals surface area contributed by atoms with E-state index in [2.05, 4.69) is 110 Å². The number of ether oxygens (including phenoxy) is 2. The smallest absolute Gasteiger partial charge is 0.462 e. The molecule has 0 aromatic carbocycles. The lowest BCUT2D eigenvalue weighted by atomic mass is 10.2. The van der Waals surface area contributed by atoms with Crippen LogP contribution in [0.5, 0.6) is 0 Å². The van der Waals surface area contributed by atoms with Gasteiger partial charge in [-0.3, -0.25) is 18.6 Å². The van der Waals surface area contributed by atoms with Crippen LogP contribution in [-0.2, 0) is 32.7 Å². The zero-order chi connectivity index (χ0) is 42.5. The monoisotopic (exact) mass is 828 g/mol. The van der Waals surface area contributed by atoms with Crippen molar-refractivity contribution in [3.8, 4) is 0 Å². The predicted octanol–water partition coefficient (Wildman–Crippen LogP) is 12.6. The standard InChI is InChI=1S/C48H78NO8P/c1-4-6-8-10-12-14-16-18-20-22-23-25-27-29-31-33-35-37-39-41-48(51)57-46(45-56-58(52,53)55-43-42-49-3)44-54-47(50)40-38-36-34-32-30-28-26-24-21-19-17-15-13-11-9-7-5-2/h12-15,18-21,23,25-26,28-29,31-32,34-35,37,46,49H,4-11,16-17,22,24,27,30,33,36,38-45H2,1-3H3,(H,52,53)/b14-12-,15-13-,20-18-,21-19-,25-23-,28-26-,31-29-,34-32-,37-35-. The van der Waals surface area contributed by atoms with Gasteiger partial charge in [-0.05, 0) is 96.9 Å². The number of carbonyl (C=O) groups excluding carboxylic acids is 2. The van der Waals surface area contributed by atoms with E-state index in [0.717, 1.165) is 51.4 Å². The maximum absolute atomic E-state index is 12.6. The lowest BCUT2D eigenvalue weighted by Gasteiger charge is -2.19. The summed E-state index contributed by atoms with van der Waals surface area (Å²) in [6, 6.07) is 0. The lowest BCUT2D eigenvalue weighted by Crippen LogP contribution is -2.29. The molecule has 0 fully saturated rings. The summed E-state index contributed by atoms with van der Waals surface area (Å²) in [5, 5.41) is 2.81. The van der Waals surface area contributed by atoms with Gasteiger partial charge in [0.25, 0.3) is 0 Å². The Bertz CT molecular complexity index is 1310. The van der Waals surface area contributed by atoms with Crippen molar-refractivity contribution >= 4 is 19.8 Å². The first-order valence-corrected chi connectivity index (χ1v) is 23.3. The van der Waals surface area contributed by atoms with Gasteiger partial charge in [0.15, 0.2) is 6.10 Å². The number of carbonyl (C=O) groups is 2. The number of hydrogen-bond donors (Lipinski definition) is 2. The Hall–Kier alpha value is -3.33. The molecule has 0 spiro atoms. The molecule has 0 aliphatic heterocycles. The van der Waals surface area contributed by atoms with E-state index in [4.69, 9.17) is 18.5 Å². The molecule has 2 N–H and O–H groups in total. The summed E-state index contributed by atoms with van der Waals surface area (Å²) in [6.45, 7) is 3.99. The van der Waals surface area contributed by atoms with Gasteiger partial charge in [0.1, 0.15) is 6.61 Å². The summed E-state index contributed by atoms with van der Waals surface area (Å²) in [5.74, 6) is -0.981. The molecule has 0 radical (unpaired) electrons. The van der Waals surface area contributed by atoms with Crippen LogP contribution in [0.4, 0.5) is 0 Å². The number of likely N-dealkylation sites (N-methyl/N-ethyl adjacent to an activating group) is 1. The molecule has 0 bridgehead atoms. The summed E-state index contributed by atoms with van der Waals surface area (Å²) in [4.78, 5) is 35.0. The van der Waals surface area contributed by atoms with E-state index >= 15 is 0 Å². The number of unbranched alkanes of at least 4 members (excludes halogenated alkanes) is 7. The van der Waals surface area contributed by atoms with Crippen molar-refractivity contribution in [3.05, 3.63) is 109 Å². The van der Waals surface area contributed by atoms with Crippen LogP contribution in [-0.4, -0.2) is 56.3 Å². The summed E-state index contributed by atoms with van der Waals surface area (Å²) in [6.07, 6.45) is 55.8. The molecule has 0 saturated carbocycles. The summed E-state index contributed by atoms with van der Waals surface area (Å²) in [7, 11) is -2.71. The van der Waals surface area contributed by atoms with E-state index in [-0.39, 0.29) is 26.1 Å². The van der Waals surface area contributed by atoms with E-state index in [0.29, 0.717) is 19.4 Å². The van der Waals surface area contributed by atoms with Gasteiger partial charge in [-0.15, -0.1) is 0 Å². The molecule has 0 aliphatic carbocycles. The molecule has 0 aromatic rings. The highest BCUT2D eigenvalue weighted by Crippen LogP contribution is 2.43. The molecule has 0 aromatic heterocycles. The molecule has 2 atom stereocenters. The number of nitrogens with one attached hydrogen (secondary N) is 1. The molecule has 9 nitrogen and oxygen atoms in total. The van der Waals surface area contributed by atoms with E-state index < -0.39 is 32.5 Å². The maximum atomic E-state index is 12.6. The van der Waals surface area contributed by atoms with Gasteiger partial charge in [-0.1, -0.05) is 149 Å². The zero-order valence-electron chi connectivity index (χ0n) is 36.2. The zero-order valence-corrected chi connectivity index (χ0v) is 37.1. The third kappa shape index (κ3) is 42.3. The minimum Gasteiger partial charge on any atom is -0.462 e. The fourth-order valence-corrected chi connectivity index (χ4v) is 5.81. The van der Waals surface area contributed by atoms with Gasteiger partial charge in [0, 0.05) is 19.4 Å². The van der Waals surface area contributed by atoms with Gasteiger partial charge in [-0.2, -0.15) is 0 Å². The number of allylic oxidation sites excluding steroid dienone is 18. The molecule has 0 heterocycles. The van der Waals surface area contributed by atoms with E-state index in [1.165, 1.54) is 51.4 Å². The molecule has 58 heavy (non-hydrogen) atoms. The topological polar surface area (TPSA) is 120 Å². The largest absolute Gasteiger partial charge is 0.472 e. The predicted molar refractivity (Wildman–Crippen MR) is 242 cm³/mol. The highest BCUT2D eigenvalue weighted by atomic mass is 31.2. The van der Waals surface area contributed by atoms with Crippen LogP contribution in [0.3, 0.4) is 0 Å². The quantitative estimate of drug-likeness (QED) is 0.0270. The van der Waals surface area contributed by atoms with Crippen LogP contribution in [0.2, 0.25) is 0 Å². The molecule has 0 amide bonds. The minimum absolute atomic E-state index is 0.0451. The van der Waals surface area contributed by atoms with Crippen molar-refractivity contribution in [2.45, 2.75) is 148 Å². The van der Waals surface area contributed by atoms with Crippen molar-refractivity contribution in [1.82, 2.24) is 5.32 Å². The average Bonchev–Trinajstić information content (AvgIpc) is 3.21. The number of rotatable bonds is 39. The first kappa shape index (κ1) is 54.7. The molecule has 328 valence electrons. The second-order valence-electron chi connectivity index (χ2n) is 13.8. The average molecular weight is 828 g/mol. The SMILES string of the molecule is CCCCC/C=C\C/C=C\C/C=C\C/C=C\C/C=C\CCC(=O)OC(COC(=O)CCC/C=C\C/C=C\C/C=C\C/C=C\CCCCC)COP(=O)(O)OCCNC. The van der Waals surface area contributed by atoms with Gasteiger partial charge in [0.05, 0.1) is 13.2 Å². The summed E-state index contributed by atoms with van der Waals surface area (Å²) < 4.78 is 33.0. The molecule has 10 heteroatoms. The van der Waals surface area contributed by atoms with Crippen LogP contribution >= 0.6 is 7.82 Å². The molecule has 0 aliphatic rings. The van der Waals surface area contributed by atoms with Crippen LogP contribution in [0.25, 0.3) is 0 Å². The normalized spacial score (nSPS) is 14.3. The Morgan fingerprint density at radius 1 is 0.534 bits per heavy atom. The fourth-order valence-electron chi connectivity index (χ4n) is 5.06.